The SMILES string of the molecule is Cc1c(Nc2ccccc2)n(COCCO)c(=O)[nH]c1=O. The largest absolute Gasteiger partial charge is 0.394 e. The van der Waals surface area contributed by atoms with Crippen molar-refractivity contribution in [1.82, 2.24) is 9.55 Å². The highest BCUT2D eigenvalue weighted by Gasteiger charge is 2.11. The molecule has 0 saturated heterocycles. The van der Waals surface area contributed by atoms with E-state index in [1.54, 1.807) is 6.92 Å². The zero-order valence-corrected chi connectivity index (χ0v) is 11.6. The molecule has 0 aliphatic rings. The van der Waals surface area contributed by atoms with Gasteiger partial charge in [0.1, 0.15) is 12.5 Å². The molecule has 0 atom stereocenters. The van der Waals surface area contributed by atoms with Crippen LogP contribution in [0.3, 0.4) is 0 Å². The zero-order valence-electron chi connectivity index (χ0n) is 11.6. The smallest absolute Gasteiger partial charge is 0.331 e. The van der Waals surface area contributed by atoms with E-state index in [0.29, 0.717) is 11.4 Å². The summed E-state index contributed by atoms with van der Waals surface area (Å²) in [5.74, 6) is 0.368. The van der Waals surface area contributed by atoms with Gasteiger partial charge in [0, 0.05) is 5.69 Å². The molecule has 3 N–H and O–H groups in total. The minimum absolute atomic E-state index is 0.0633. The number of nitrogens with one attached hydrogen (secondary N) is 2. The van der Waals surface area contributed by atoms with E-state index in [1.165, 1.54) is 4.57 Å². The molecule has 7 heteroatoms. The molecule has 1 aromatic heterocycles. The molecule has 21 heavy (non-hydrogen) atoms. The Labute approximate surface area is 120 Å². The maximum absolute atomic E-state index is 11.9. The standard InChI is InChI=1S/C14H17N3O4/c1-10-12(15-11-5-3-2-4-6-11)17(9-21-8-7-18)14(20)16-13(10)19/h2-6,15,18H,7-9H2,1H3,(H,16,19,20). The summed E-state index contributed by atoms with van der Waals surface area (Å²) in [6, 6.07) is 9.20. The van der Waals surface area contributed by atoms with Gasteiger partial charge >= 0.3 is 5.69 Å². The van der Waals surface area contributed by atoms with Crippen molar-refractivity contribution < 1.29 is 9.84 Å². The lowest BCUT2D eigenvalue weighted by atomic mass is 10.3. The number of aromatic nitrogens is 2. The summed E-state index contributed by atoms with van der Waals surface area (Å²) >= 11 is 0. The lowest BCUT2D eigenvalue weighted by molar-refractivity contribution is 0.0467. The molecule has 0 bridgehead atoms. The van der Waals surface area contributed by atoms with E-state index in [2.05, 4.69) is 10.3 Å². The Bertz CT molecular complexity index is 706. The van der Waals surface area contributed by atoms with Crippen LogP contribution in [-0.2, 0) is 11.5 Å². The molecule has 0 saturated carbocycles. The maximum atomic E-state index is 11.9. The quantitative estimate of drug-likeness (QED) is 0.676. The van der Waals surface area contributed by atoms with E-state index in [4.69, 9.17) is 9.84 Å². The van der Waals surface area contributed by atoms with Gasteiger partial charge in [-0.3, -0.25) is 14.3 Å². The Hall–Kier alpha value is -2.38. The van der Waals surface area contributed by atoms with Gasteiger partial charge in [-0.2, -0.15) is 0 Å². The molecule has 0 radical (unpaired) electrons. The normalized spacial score (nSPS) is 10.6. The van der Waals surface area contributed by atoms with Gasteiger partial charge in [-0.15, -0.1) is 0 Å². The number of rotatable bonds is 6. The molecule has 0 aliphatic heterocycles. The van der Waals surface area contributed by atoms with Crippen LogP contribution < -0.4 is 16.6 Å². The average Bonchev–Trinajstić information content (AvgIpc) is 2.49. The van der Waals surface area contributed by atoms with E-state index in [0.717, 1.165) is 5.69 Å². The van der Waals surface area contributed by atoms with Crippen molar-refractivity contribution in [3.8, 4) is 0 Å². The molecule has 1 heterocycles. The average molecular weight is 291 g/mol. The van der Waals surface area contributed by atoms with Crippen LogP contribution in [0.2, 0.25) is 0 Å². The number of nitrogens with zero attached hydrogens (tertiary/aromatic N) is 1. The maximum Gasteiger partial charge on any atom is 0.331 e. The van der Waals surface area contributed by atoms with Gasteiger partial charge in [-0.05, 0) is 19.1 Å². The van der Waals surface area contributed by atoms with E-state index >= 15 is 0 Å². The van der Waals surface area contributed by atoms with Crippen LogP contribution in [-0.4, -0.2) is 27.9 Å². The van der Waals surface area contributed by atoms with Crippen molar-refractivity contribution in [3.05, 3.63) is 56.7 Å². The van der Waals surface area contributed by atoms with Crippen LogP contribution in [0, 0.1) is 6.92 Å². The molecule has 0 fully saturated rings. The van der Waals surface area contributed by atoms with E-state index < -0.39 is 11.2 Å². The minimum Gasteiger partial charge on any atom is -0.394 e. The molecule has 0 aliphatic carbocycles. The van der Waals surface area contributed by atoms with Gasteiger partial charge in [-0.1, -0.05) is 18.2 Å². The number of aliphatic hydroxyl groups is 1. The monoisotopic (exact) mass is 291 g/mol. The molecule has 1 aromatic carbocycles. The minimum atomic E-state index is -0.568. The summed E-state index contributed by atoms with van der Waals surface area (Å²) in [7, 11) is 0. The Morgan fingerprint density at radius 3 is 2.67 bits per heavy atom. The summed E-state index contributed by atoms with van der Waals surface area (Å²) in [4.78, 5) is 25.9. The molecular weight excluding hydrogens is 274 g/mol. The highest BCUT2D eigenvalue weighted by molar-refractivity contribution is 5.58. The van der Waals surface area contributed by atoms with Crippen LogP contribution in [0.5, 0.6) is 0 Å². The number of hydrogen-bond acceptors (Lipinski definition) is 5. The van der Waals surface area contributed by atoms with Crippen molar-refractivity contribution in [2.45, 2.75) is 13.7 Å². The Balaban J connectivity index is 2.41. The lowest BCUT2D eigenvalue weighted by Crippen LogP contribution is -2.34. The third-order valence-electron chi connectivity index (χ3n) is 2.92. The fourth-order valence-electron chi connectivity index (χ4n) is 1.83. The van der Waals surface area contributed by atoms with Gasteiger partial charge in [0.05, 0.1) is 18.8 Å². The van der Waals surface area contributed by atoms with Crippen LogP contribution in [0.4, 0.5) is 11.5 Å². The molecule has 0 spiro atoms. The lowest BCUT2D eigenvalue weighted by Gasteiger charge is -2.16. The summed E-state index contributed by atoms with van der Waals surface area (Å²) < 4.78 is 6.45. The summed E-state index contributed by atoms with van der Waals surface area (Å²) in [6.07, 6.45) is 0. The third kappa shape index (κ3) is 3.59. The second-order valence-corrected chi connectivity index (χ2v) is 4.41. The Morgan fingerprint density at radius 2 is 2.00 bits per heavy atom. The number of anilines is 2. The third-order valence-corrected chi connectivity index (χ3v) is 2.92. The number of hydrogen-bond donors (Lipinski definition) is 3. The van der Waals surface area contributed by atoms with Gasteiger partial charge in [0.15, 0.2) is 0 Å². The topological polar surface area (TPSA) is 96.3 Å². The second kappa shape index (κ2) is 6.87. The van der Waals surface area contributed by atoms with E-state index in [9.17, 15) is 9.59 Å². The number of aliphatic hydroxyl groups excluding tert-OH is 1. The Morgan fingerprint density at radius 1 is 1.29 bits per heavy atom. The van der Waals surface area contributed by atoms with Crippen molar-refractivity contribution >= 4 is 11.5 Å². The van der Waals surface area contributed by atoms with Crippen LogP contribution >= 0.6 is 0 Å². The molecule has 2 aromatic rings. The number of H-pyrrole nitrogens is 1. The summed E-state index contributed by atoms with van der Waals surface area (Å²) in [5.41, 5.74) is 0.117. The zero-order chi connectivity index (χ0) is 15.2. The molecular formula is C14H17N3O4. The first-order valence-electron chi connectivity index (χ1n) is 6.48. The predicted octanol–water partition coefficient (Wildman–Crippen LogP) is 0.555. The van der Waals surface area contributed by atoms with Crippen molar-refractivity contribution in [1.29, 1.82) is 0 Å². The fraction of sp³-hybridized carbons (Fsp3) is 0.286. The molecule has 0 unspecified atom stereocenters. The second-order valence-electron chi connectivity index (χ2n) is 4.41. The van der Waals surface area contributed by atoms with Crippen molar-refractivity contribution in [2.75, 3.05) is 18.5 Å². The van der Waals surface area contributed by atoms with Gasteiger partial charge in [0.2, 0.25) is 0 Å². The van der Waals surface area contributed by atoms with Gasteiger partial charge in [-0.25, -0.2) is 4.79 Å². The summed E-state index contributed by atoms with van der Waals surface area (Å²) in [5, 5.41) is 11.8. The molecule has 2 rings (SSSR count). The van der Waals surface area contributed by atoms with Crippen molar-refractivity contribution in [3.63, 3.8) is 0 Å². The first-order chi connectivity index (χ1) is 10.1. The summed E-state index contributed by atoms with van der Waals surface area (Å²) in [6.45, 7) is 1.52. The first kappa shape index (κ1) is 15.0. The number of para-hydroxylation sites is 1. The van der Waals surface area contributed by atoms with Crippen molar-refractivity contribution in [2.24, 2.45) is 0 Å². The van der Waals surface area contributed by atoms with Gasteiger partial charge < -0.3 is 15.2 Å². The van der Waals surface area contributed by atoms with Crippen LogP contribution in [0.25, 0.3) is 0 Å². The number of aromatic amines is 1. The fourth-order valence-corrected chi connectivity index (χ4v) is 1.83. The first-order valence-corrected chi connectivity index (χ1v) is 6.48. The van der Waals surface area contributed by atoms with Crippen LogP contribution in [0.1, 0.15) is 5.56 Å². The predicted molar refractivity (Wildman–Crippen MR) is 78.8 cm³/mol. The highest BCUT2D eigenvalue weighted by atomic mass is 16.5. The van der Waals surface area contributed by atoms with Crippen LogP contribution in [0.15, 0.2) is 39.9 Å². The molecule has 0 amide bonds. The number of ether oxygens (including phenoxy) is 1. The number of benzene rings is 1. The van der Waals surface area contributed by atoms with E-state index in [1.807, 2.05) is 30.3 Å². The Kier molecular flexibility index (Phi) is 4.91. The molecule has 7 nitrogen and oxygen atoms in total. The molecule has 112 valence electrons. The van der Waals surface area contributed by atoms with E-state index in [-0.39, 0.29) is 19.9 Å². The highest BCUT2D eigenvalue weighted by Crippen LogP contribution is 2.16. The van der Waals surface area contributed by atoms with Gasteiger partial charge in [0.25, 0.3) is 5.56 Å².